The monoisotopic (exact) mass is 238 g/mol. The number of carbonyl (C=O) groups excluding carboxylic acids is 1. The summed E-state index contributed by atoms with van der Waals surface area (Å²) in [7, 11) is 0. The summed E-state index contributed by atoms with van der Waals surface area (Å²) in [5.41, 5.74) is 0.396. The highest BCUT2D eigenvalue weighted by Gasteiger charge is 2.34. The first-order valence-electron chi connectivity index (χ1n) is 5.54. The Kier molecular flexibility index (Phi) is 3.44. The van der Waals surface area contributed by atoms with Gasteiger partial charge in [-0.05, 0) is 25.0 Å². The SMILES string of the molecule is O=C(NC1(CCl)CCCC1)c1cccnc1. The predicted octanol–water partition coefficient (Wildman–Crippen LogP) is 2.36. The van der Waals surface area contributed by atoms with E-state index < -0.39 is 0 Å². The van der Waals surface area contributed by atoms with Gasteiger partial charge in [-0.3, -0.25) is 9.78 Å². The molecule has 0 aromatic carbocycles. The molecule has 1 amide bonds. The van der Waals surface area contributed by atoms with Gasteiger partial charge in [0.2, 0.25) is 0 Å². The molecular weight excluding hydrogens is 224 g/mol. The van der Waals surface area contributed by atoms with E-state index >= 15 is 0 Å². The first kappa shape index (κ1) is 11.4. The standard InChI is InChI=1S/C12H15ClN2O/c13-9-12(5-1-2-6-12)15-11(16)10-4-3-7-14-8-10/h3-4,7-8H,1-2,5-6,9H2,(H,15,16). The molecule has 0 unspecified atom stereocenters. The second-order valence-corrected chi connectivity index (χ2v) is 4.58. The van der Waals surface area contributed by atoms with Crippen molar-refractivity contribution in [2.75, 3.05) is 5.88 Å². The fourth-order valence-electron chi connectivity index (χ4n) is 2.15. The van der Waals surface area contributed by atoms with Gasteiger partial charge < -0.3 is 5.32 Å². The van der Waals surface area contributed by atoms with E-state index in [4.69, 9.17) is 11.6 Å². The Bertz CT molecular complexity index is 361. The molecule has 16 heavy (non-hydrogen) atoms. The second kappa shape index (κ2) is 4.83. The Morgan fingerprint density at radius 3 is 2.81 bits per heavy atom. The smallest absolute Gasteiger partial charge is 0.253 e. The number of amides is 1. The van der Waals surface area contributed by atoms with Gasteiger partial charge in [0.15, 0.2) is 0 Å². The number of nitrogens with one attached hydrogen (secondary N) is 1. The number of halogens is 1. The predicted molar refractivity (Wildman–Crippen MR) is 63.6 cm³/mol. The van der Waals surface area contributed by atoms with Crippen molar-refractivity contribution in [2.24, 2.45) is 0 Å². The van der Waals surface area contributed by atoms with Crippen LogP contribution in [0.4, 0.5) is 0 Å². The van der Waals surface area contributed by atoms with Crippen LogP contribution in [0.2, 0.25) is 0 Å². The number of pyridine rings is 1. The summed E-state index contributed by atoms with van der Waals surface area (Å²) in [5, 5.41) is 3.05. The van der Waals surface area contributed by atoms with Crippen LogP contribution >= 0.6 is 11.6 Å². The van der Waals surface area contributed by atoms with E-state index in [1.54, 1.807) is 24.5 Å². The molecule has 1 heterocycles. The maximum Gasteiger partial charge on any atom is 0.253 e. The Morgan fingerprint density at radius 1 is 1.50 bits per heavy atom. The molecule has 2 rings (SSSR count). The van der Waals surface area contributed by atoms with E-state index in [1.807, 2.05) is 0 Å². The maximum atomic E-state index is 12.0. The first-order valence-corrected chi connectivity index (χ1v) is 6.08. The number of alkyl halides is 1. The zero-order chi connectivity index (χ0) is 11.4. The quantitative estimate of drug-likeness (QED) is 0.822. The zero-order valence-corrected chi connectivity index (χ0v) is 9.83. The molecule has 1 aromatic heterocycles. The van der Waals surface area contributed by atoms with E-state index in [9.17, 15) is 4.79 Å². The summed E-state index contributed by atoms with van der Waals surface area (Å²) >= 11 is 5.97. The van der Waals surface area contributed by atoms with Crippen LogP contribution in [-0.2, 0) is 0 Å². The molecule has 4 heteroatoms. The van der Waals surface area contributed by atoms with Crippen molar-refractivity contribution in [3.05, 3.63) is 30.1 Å². The molecule has 1 saturated carbocycles. The Labute approximate surface area is 100 Å². The van der Waals surface area contributed by atoms with Crippen molar-refractivity contribution in [1.82, 2.24) is 10.3 Å². The van der Waals surface area contributed by atoms with E-state index in [2.05, 4.69) is 10.3 Å². The van der Waals surface area contributed by atoms with Gasteiger partial charge in [-0.1, -0.05) is 12.8 Å². The van der Waals surface area contributed by atoms with Crippen molar-refractivity contribution < 1.29 is 4.79 Å². The van der Waals surface area contributed by atoms with Crippen molar-refractivity contribution in [2.45, 2.75) is 31.2 Å². The molecule has 1 fully saturated rings. The molecule has 0 spiro atoms. The van der Waals surface area contributed by atoms with Crippen LogP contribution in [0.3, 0.4) is 0 Å². The van der Waals surface area contributed by atoms with Crippen LogP contribution in [0, 0.1) is 0 Å². The Hall–Kier alpha value is -1.09. The number of rotatable bonds is 3. The summed E-state index contributed by atoms with van der Waals surface area (Å²) in [4.78, 5) is 15.9. The molecule has 1 N–H and O–H groups in total. The molecule has 0 atom stereocenters. The average Bonchev–Trinajstić information content (AvgIpc) is 2.79. The number of aromatic nitrogens is 1. The molecule has 0 aliphatic heterocycles. The normalized spacial score (nSPS) is 18.3. The minimum absolute atomic E-state index is 0.0735. The van der Waals surface area contributed by atoms with Gasteiger partial charge in [-0.15, -0.1) is 11.6 Å². The van der Waals surface area contributed by atoms with Crippen LogP contribution in [0.5, 0.6) is 0 Å². The lowest BCUT2D eigenvalue weighted by Crippen LogP contribution is -2.47. The topological polar surface area (TPSA) is 42.0 Å². The maximum absolute atomic E-state index is 12.0. The van der Waals surface area contributed by atoms with Crippen molar-refractivity contribution >= 4 is 17.5 Å². The van der Waals surface area contributed by atoms with E-state index in [1.165, 1.54) is 0 Å². The van der Waals surface area contributed by atoms with Gasteiger partial charge in [-0.25, -0.2) is 0 Å². The fourth-order valence-corrected chi connectivity index (χ4v) is 2.49. The highest BCUT2D eigenvalue weighted by Crippen LogP contribution is 2.30. The van der Waals surface area contributed by atoms with Crippen molar-refractivity contribution in [3.63, 3.8) is 0 Å². The molecule has 86 valence electrons. The number of hydrogen-bond acceptors (Lipinski definition) is 2. The third-order valence-corrected chi connectivity index (χ3v) is 3.63. The number of carbonyl (C=O) groups is 1. The van der Waals surface area contributed by atoms with E-state index in [0.717, 1.165) is 25.7 Å². The third kappa shape index (κ3) is 2.35. The highest BCUT2D eigenvalue weighted by atomic mass is 35.5. The third-order valence-electron chi connectivity index (χ3n) is 3.12. The van der Waals surface area contributed by atoms with Crippen LogP contribution < -0.4 is 5.32 Å². The van der Waals surface area contributed by atoms with E-state index in [-0.39, 0.29) is 11.4 Å². The summed E-state index contributed by atoms with van der Waals surface area (Å²) in [5.74, 6) is 0.412. The van der Waals surface area contributed by atoms with Gasteiger partial charge in [0.25, 0.3) is 5.91 Å². The summed E-state index contributed by atoms with van der Waals surface area (Å²) in [6.45, 7) is 0. The van der Waals surface area contributed by atoms with Gasteiger partial charge in [0.05, 0.1) is 11.1 Å². The fraction of sp³-hybridized carbons (Fsp3) is 0.500. The Balaban J connectivity index is 2.07. The minimum atomic E-state index is -0.200. The zero-order valence-electron chi connectivity index (χ0n) is 9.08. The summed E-state index contributed by atoms with van der Waals surface area (Å²) < 4.78 is 0. The first-order chi connectivity index (χ1) is 7.76. The van der Waals surface area contributed by atoms with E-state index in [0.29, 0.717) is 11.4 Å². The molecule has 3 nitrogen and oxygen atoms in total. The number of hydrogen-bond donors (Lipinski definition) is 1. The van der Waals surface area contributed by atoms with Crippen LogP contribution in [0.25, 0.3) is 0 Å². The highest BCUT2D eigenvalue weighted by molar-refractivity contribution is 6.19. The molecule has 0 saturated heterocycles. The van der Waals surface area contributed by atoms with Gasteiger partial charge in [0.1, 0.15) is 0 Å². The van der Waals surface area contributed by atoms with Gasteiger partial charge >= 0.3 is 0 Å². The lowest BCUT2D eigenvalue weighted by atomic mass is 10.00. The lowest BCUT2D eigenvalue weighted by molar-refractivity contribution is 0.0909. The molecule has 1 aliphatic carbocycles. The second-order valence-electron chi connectivity index (χ2n) is 4.32. The van der Waals surface area contributed by atoms with Crippen molar-refractivity contribution in [3.8, 4) is 0 Å². The molecule has 1 aliphatic rings. The van der Waals surface area contributed by atoms with Crippen LogP contribution in [0.1, 0.15) is 36.0 Å². The lowest BCUT2D eigenvalue weighted by Gasteiger charge is -2.27. The molecule has 1 aromatic rings. The van der Waals surface area contributed by atoms with Gasteiger partial charge in [-0.2, -0.15) is 0 Å². The van der Waals surface area contributed by atoms with Crippen LogP contribution in [0.15, 0.2) is 24.5 Å². The molecular formula is C12H15ClN2O. The summed E-state index contributed by atoms with van der Waals surface area (Å²) in [6, 6.07) is 3.52. The van der Waals surface area contributed by atoms with Crippen LogP contribution in [-0.4, -0.2) is 22.3 Å². The molecule has 0 bridgehead atoms. The average molecular weight is 239 g/mol. The largest absolute Gasteiger partial charge is 0.345 e. The minimum Gasteiger partial charge on any atom is -0.345 e. The Morgan fingerprint density at radius 2 is 2.25 bits per heavy atom. The number of nitrogens with zero attached hydrogens (tertiary/aromatic N) is 1. The van der Waals surface area contributed by atoms with Crippen molar-refractivity contribution in [1.29, 1.82) is 0 Å². The molecule has 0 radical (unpaired) electrons. The summed E-state index contributed by atoms with van der Waals surface area (Å²) in [6.07, 6.45) is 7.46. The van der Waals surface area contributed by atoms with Gasteiger partial charge in [0, 0.05) is 18.3 Å².